The first-order chi connectivity index (χ1) is 9.56. The summed E-state index contributed by atoms with van der Waals surface area (Å²) in [5, 5.41) is 4.27. The van der Waals surface area contributed by atoms with Crippen LogP contribution in [-0.4, -0.2) is 38.7 Å². The number of allylic oxidation sites excluding steroid dienone is 1. The molecule has 0 spiro atoms. The van der Waals surface area contributed by atoms with Gasteiger partial charge in [0.25, 0.3) is 0 Å². The SMILES string of the molecule is CC(C)N1CCC2=C(C=CC(Cl)(Cn3cccn3)C2)C1. The third kappa shape index (κ3) is 2.84. The molecule has 1 unspecified atom stereocenters. The Morgan fingerprint density at radius 2 is 2.30 bits per heavy atom. The second-order valence-electron chi connectivity index (χ2n) is 6.19. The van der Waals surface area contributed by atoms with Crippen LogP contribution in [0.25, 0.3) is 0 Å². The van der Waals surface area contributed by atoms with Gasteiger partial charge < -0.3 is 0 Å². The summed E-state index contributed by atoms with van der Waals surface area (Å²) in [7, 11) is 0. The van der Waals surface area contributed by atoms with E-state index in [1.165, 1.54) is 11.1 Å². The van der Waals surface area contributed by atoms with E-state index in [1.807, 2.05) is 16.9 Å². The van der Waals surface area contributed by atoms with E-state index in [2.05, 4.69) is 36.0 Å². The predicted molar refractivity (Wildman–Crippen MR) is 82.9 cm³/mol. The summed E-state index contributed by atoms with van der Waals surface area (Å²) in [4.78, 5) is 2.21. The average molecular weight is 292 g/mol. The number of nitrogens with zero attached hydrogens (tertiary/aromatic N) is 3. The van der Waals surface area contributed by atoms with Crippen LogP contribution >= 0.6 is 11.6 Å². The standard InChI is InChI=1S/C16H22ClN3/c1-13(2)19-9-5-14-10-16(17,6-4-15(14)11-19)12-20-8-3-7-18-20/h3-4,6-8,13H,5,9-12H2,1-2H3. The van der Waals surface area contributed by atoms with Gasteiger partial charge in [-0.05, 0) is 38.3 Å². The number of halogens is 1. The highest BCUT2D eigenvalue weighted by molar-refractivity contribution is 6.25. The molecule has 0 radical (unpaired) electrons. The minimum Gasteiger partial charge on any atom is -0.296 e. The Hall–Kier alpha value is -1.06. The number of aromatic nitrogens is 2. The van der Waals surface area contributed by atoms with Gasteiger partial charge in [0.2, 0.25) is 0 Å². The van der Waals surface area contributed by atoms with Gasteiger partial charge in [0, 0.05) is 31.5 Å². The van der Waals surface area contributed by atoms with Crippen molar-refractivity contribution in [1.29, 1.82) is 0 Å². The lowest BCUT2D eigenvalue weighted by atomic mass is 9.84. The van der Waals surface area contributed by atoms with E-state index in [0.717, 1.165) is 32.5 Å². The van der Waals surface area contributed by atoms with E-state index in [9.17, 15) is 0 Å². The van der Waals surface area contributed by atoms with Gasteiger partial charge in [-0.25, -0.2) is 0 Å². The van der Waals surface area contributed by atoms with Gasteiger partial charge >= 0.3 is 0 Å². The van der Waals surface area contributed by atoms with Crippen LogP contribution in [0.5, 0.6) is 0 Å². The molecule has 0 saturated heterocycles. The molecule has 0 amide bonds. The highest BCUT2D eigenvalue weighted by atomic mass is 35.5. The topological polar surface area (TPSA) is 21.1 Å². The van der Waals surface area contributed by atoms with Gasteiger partial charge in [-0.2, -0.15) is 5.10 Å². The van der Waals surface area contributed by atoms with Crippen molar-refractivity contribution in [2.75, 3.05) is 13.1 Å². The number of alkyl halides is 1. The third-order valence-corrected chi connectivity index (χ3v) is 4.71. The molecule has 1 aromatic rings. The molecule has 1 aliphatic carbocycles. The van der Waals surface area contributed by atoms with Gasteiger partial charge in [-0.1, -0.05) is 17.7 Å². The Bertz CT molecular complexity index is 530. The number of rotatable bonds is 3. The summed E-state index contributed by atoms with van der Waals surface area (Å²) >= 11 is 6.79. The van der Waals surface area contributed by atoms with Gasteiger partial charge in [-0.15, -0.1) is 11.6 Å². The zero-order valence-corrected chi connectivity index (χ0v) is 13.0. The van der Waals surface area contributed by atoms with Crippen LogP contribution in [0, 0.1) is 0 Å². The third-order valence-electron chi connectivity index (χ3n) is 4.33. The van der Waals surface area contributed by atoms with Crippen LogP contribution in [0.4, 0.5) is 0 Å². The fourth-order valence-corrected chi connectivity index (χ4v) is 3.44. The molecule has 4 heteroatoms. The first kappa shape index (κ1) is 13.9. The fraction of sp³-hybridized carbons (Fsp3) is 0.562. The van der Waals surface area contributed by atoms with E-state index in [-0.39, 0.29) is 4.87 Å². The van der Waals surface area contributed by atoms with E-state index >= 15 is 0 Å². The second-order valence-corrected chi connectivity index (χ2v) is 6.94. The molecule has 0 aromatic carbocycles. The van der Waals surface area contributed by atoms with E-state index in [0.29, 0.717) is 6.04 Å². The van der Waals surface area contributed by atoms with Crippen molar-refractivity contribution in [1.82, 2.24) is 14.7 Å². The molecule has 0 N–H and O–H groups in total. The monoisotopic (exact) mass is 291 g/mol. The molecule has 3 rings (SSSR count). The van der Waals surface area contributed by atoms with Crippen LogP contribution in [0.2, 0.25) is 0 Å². The van der Waals surface area contributed by atoms with Crippen LogP contribution in [0.1, 0.15) is 26.7 Å². The molecule has 2 heterocycles. The summed E-state index contributed by atoms with van der Waals surface area (Å²) in [6, 6.07) is 2.56. The van der Waals surface area contributed by atoms with Crippen LogP contribution in [0.3, 0.4) is 0 Å². The average Bonchev–Trinajstić information content (AvgIpc) is 2.90. The molecule has 108 valence electrons. The van der Waals surface area contributed by atoms with Crippen molar-refractivity contribution in [2.45, 2.75) is 44.1 Å². The molecular formula is C16H22ClN3. The van der Waals surface area contributed by atoms with Crippen molar-refractivity contribution < 1.29 is 0 Å². The van der Waals surface area contributed by atoms with Crippen LogP contribution < -0.4 is 0 Å². The molecule has 1 atom stereocenters. The highest BCUT2D eigenvalue weighted by Gasteiger charge is 2.32. The minimum atomic E-state index is -0.315. The Balaban J connectivity index is 1.72. The minimum absolute atomic E-state index is 0.315. The maximum absolute atomic E-state index is 6.79. The first-order valence-electron chi connectivity index (χ1n) is 7.36. The van der Waals surface area contributed by atoms with E-state index in [1.54, 1.807) is 6.20 Å². The molecular weight excluding hydrogens is 270 g/mol. The Labute approximate surface area is 125 Å². The van der Waals surface area contributed by atoms with Gasteiger partial charge in [0.05, 0.1) is 11.4 Å². The smallest absolute Gasteiger partial charge is 0.0861 e. The van der Waals surface area contributed by atoms with Gasteiger partial charge in [0.1, 0.15) is 0 Å². The first-order valence-corrected chi connectivity index (χ1v) is 7.74. The van der Waals surface area contributed by atoms with Crippen molar-refractivity contribution in [3.8, 4) is 0 Å². The Morgan fingerprint density at radius 3 is 3.00 bits per heavy atom. The van der Waals surface area contributed by atoms with E-state index < -0.39 is 0 Å². The maximum Gasteiger partial charge on any atom is 0.0861 e. The molecule has 1 aliphatic heterocycles. The molecule has 0 bridgehead atoms. The molecule has 0 saturated carbocycles. The van der Waals surface area contributed by atoms with Gasteiger partial charge in [-0.3, -0.25) is 9.58 Å². The van der Waals surface area contributed by atoms with Gasteiger partial charge in [0.15, 0.2) is 0 Å². The summed E-state index contributed by atoms with van der Waals surface area (Å²) < 4.78 is 1.92. The maximum atomic E-state index is 6.79. The largest absolute Gasteiger partial charge is 0.296 e. The quantitative estimate of drug-likeness (QED) is 0.797. The number of hydrogen-bond acceptors (Lipinski definition) is 2. The summed E-state index contributed by atoms with van der Waals surface area (Å²) in [6.07, 6.45) is 10.3. The summed E-state index contributed by atoms with van der Waals surface area (Å²) in [6.45, 7) is 7.49. The van der Waals surface area contributed by atoms with Crippen LogP contribution in [0.15, 0.2) is 41.8 Å². The predicted octanol–water partition coefficient (Wildman–Crippen LogP) is 3.23. The molecule has 2 aliphatic rings. The van der Waals surface area contributed by atoms with Crippen molar-refractivity contribution >= 4 is 11.6 Å². The van der Waals surface area contributed by atoms with Crippen molar-refractivity contribution in [3.05, 3.63) is 41.8 Å². The zero-order valence-electron chi connectivity index (χ0n) is 12.2. The molecule has 20 heavy (non-hydrogen) atoms. The number of hydrogen-bond donors (Lipinski definition) is 0. The fourth-order valence-electron chi connectivity index (χ4n) is 3.10. The lowest BCUT2D eigenvalue weighted by Gasteiger charge is -2.37. The van der Waals surface area contributed by atoms with E-state index in [4.69, 9.17) is 11.6 Å². The summed E-state index contributed by atoms with van der Waals surface area (Å²) in [5.74, 6) is 0. The molecule has 1 aromatic heterocycles. The molecule has 3 nitrogen and oxygen atoms in total. The highest BCUT2D eigenvalue weighted by Crippen LogP contribution is 2.37. The van der Waals surface area contributed by atoms with Crippen LogP contribution in [-0.2, 0) is 6.54 Å². The molecule has 0 fully saturated rings. The Kier molecular flexibility index (Phi) is 3.74. The van der Waals surface area contributed by atoms with Crippen molar-refractivity contribution in [3.63, 3.8) is 0 Å². The lowest BCUT2D eigenvalue weighted by molar-refractivity contribution is 0.230. The normalized spacial score (nSPS) is 27.2. The second kappa shape index (κ2) is 5.38. The van der Waals surface area contributed by atoms with Crippen molar-refractivity contribution in [2.24, 2.45) is 0 Å². The lowest BCUT2D eigenvalue weighted by Crippen LogP contribution is -2.39. The Morgan fingerprint density at radius 1 is 1.45 bits per heavy atom. The zero-order chi connectivity index (χ0) is 14.2. The summed E-state index contributed by atoms with van der Waals surface area (Å²) in [5.41, 5.74) is 3.01.